The van der Waals surface area contributed by atoms with Gasteiger partial charge in [0.2, 0.25) is 0 Å². The molecule has 3 rings (SSSR count). The standard InChI is InChI=1S/C17H15FN4O/c1-23-12-6-4-5-11(9-12)20-16-10-15(19)21-17(22-16)13-7-2-3-8-14(13)18/h2-10H,1H3,(H3,19,20,21,22). The fraction of sp³-hybridized carbons (Fsp3) is 0.0588. The molecule has 2 aromatic carbocycles. The average molecular weight is 310 g/mol. The number of hydrogen-bond donors (Lipinski definition) is 2. The van der Waals surface area contributed by atoms with Gasteiger partial charge in [-0.05, 0) is 24.3 Å². The summed E-state index contributed by atoms with van der Waals surface area (Å²) in [6.07, 6.45) is 0. The van der Waals surface area contributed by atoms with Gasteiger partial charge in [0.25, 0.3) is 0 Å². The number of aromatic nitrogens is 2. The summed E-state index contributed by atoms with van der Waals surface area (Å²) < 4.78 is 19.1. The number of ether oxygens (including phenoxy) is 1. The minimum Gasteiger partial charge on any atom is -0.497 e. The van der Waals surface area contributed by atoms with Crippen LogP contribution in [0.5, 0.6) is 5.75 Å². The number of nitrogen functional groups attached to an aromatic ring is 1. The molecular weight excluding hydrogens is 295 g/mol. The molecule has 3 N–H and O–H groups in total. The lowest BCUT2D eigenvalue weighted by Crippen LogP contribution is -2.02. The van der Waals surface area contributed by atoms with Crippen molar-refractivity contribution >= 4 is 17.3 Å². The molecule has 3 aromatic rings. The number of benzene rings is 2. The van der Waals surface area contributed by atoms with Crippen molar-refractivity contribution in [3.05, 3.63) is 60.4 Å². The van der Waals surface area contributed by atoms with Crippen molar-refractivity contribution in [1.29, 1.82) is 0 Å². The van der Waals surface area contributed by atoms with Gasteiger partial charge in [0, 0.05) is 17.8 Å². The molecule has 23 heavy (non-hydrogen) atoms. The molecule has 0 spiro atoms. The summed E-state index contributed by atoms with van der Waals surface area (Å²) in [4.78, 5) is 8.43. The predicted octanol–water partition coefficient (Wildman–Crippen LogP) is 3.62. The van der Waals surface area contributed by atoms with Gasteiger partial charge in [-0.3, -0.25) is 0 Å². The number of hydrogen-bond acceptors (Lipinski definition) is 5. The largest absolute Gasteiger partial charge is 0.497 e. The van der Waals surface area contributed by atoms with E-state index in [2.05, 4.69) is 15.3 Å². The molecule has 0 aliphatic carbocycles. The smallest absolute Gasteiger partial charge is 0.166 e. The molecule has 5 nitrogen and oxygen atoms in total. The van der Waals surface area contributed by atoms with E-state index in [1.165, 1.54) is 6.07 Å². The van der Waals surface area contributed by atoms with E-state index in [9.17, 15) is 4.39 Å². The van der Waals surface area contributed by atoms with Crippen LogP contribution in [0.2, 0.25) is 0 Å². The Labute approximate surface area is 133 Å². The van der Waals surface area contributed by atoms with Crippen molar-refractivity contribution in [2.75, 3.05) is 18.2 Å². The van der Waals surface area contributed by atoms with Crippen LogP contribution in [0, 0.1) is 5.82 Å². The van der Waals surface area contributed by atoms with Gasteiger partial charge in [0.1, 0.15) is 23.2 Å². The first kappa shape index (κ1) is 14.8. The van der Waals surface area contributed by atoms with Crippen LogP contribution in [0.1, 0.15) is 0 Å². The van der Waals surface area contributed by atoms with Crippen LogP contribution in [0.15, 0.2) is 54.6 Å². The maximum atomic E-state index is 13.9. The molecule has 0 saturated carbocycles. The topological polar surface area (TPSA) is 73.1 Å². The van der Waals surface area contributed by atoms with Gasteiger partial charge in [-0.2, -0.15) is 0 Å². The normalized spacial score (nSPS) is 10.3. The van der Waals surface area contributed by atoms with Crippen molar-refractivity contribution in [3.63, 3.8) is 0 Å². The highest BCUT2D eigenvalue weighted by molar-refractivity contribution is 5.65. The number of methoxy groups -OCH3 is 1. The van der Waals surface area contributed by atoms with Gasteiger partial charge in [0.05, 0.1) is 12.7 Å². The molecule has 0 aliphatic rings. The van der Waals surface area contributed by atoms with Gasteiger partial charge >= 0.3 is 0 Å². The highest BCUT2D eigenvalue weighted by Gasteiger charge is 2.10. The maximum absolute atomic E-state index is 13.9. The third-order valence-electron chi connectivity index (χ3n) is 3.20. The van der Waals surface area contributed by atoms with Crippen molar-refractivity contribution < 1.29 is 9.13 Å². The fourth-order valence-electron chi connectivity index (χ4n) is 2.14. The van der Waals surface area contributed by atoms with Crippen LogP contribution in [-0.4, -0.2) is 17.1 Å². The van der Waals surface area contributed by atoms with Crippen LogP contribution >= 0.6 is 0 Å². The first-order valence-electron chi connectivity index (χ1n) is 6.96. The molecule has 1 heterocycles. The Bertz CT molecular complexity index is 838. The van der Waals surface area contributed by atoms with E-state index in [1.54, 1.807) is 31.4 Å². The van der Waals surface area contributed by atoms with Crippen molar-refractivity contribution in [1.82, 2.24) is 9.97 Å². The highest BCUT2D eigenvalue weighted by atomic mass is 19.1. The van der Waals surface area contributed by atoms with Gasteiger partial charge < -0.3 is 15.8 Å². The lowest BCUT2D eigenvalue weighted by molar-refractivity contribution is 0.415. The van der Waals surface area contributed by atoms with Crippen molar-refractivity contribution in [2.45, 2.75) is 0 Å². The number of halogens is 1. The summed E-state index contributed by atoms with van der Waals surface area (Å²) in [5, 5.41) is 3.12. The molecule has 6 heteroatoms. The van der Waals surface area contributed by atoms with E-state index in [-0.39, 0.29) is 11.6 Å². The number of nitrogens with two attached hydrogens (primary N) is 1. The Balaban J connectivity index is 1.96. The summed E-state index contributed by atoms with van der Waals surface area (Å²) >= 11 is 0. The SMILES string of the molecule is COc1cccc(Nc2cc(N)nc(-c3ccccc3F)n2)c1. The number of nitrogens with zero attached hydrogens (tertiary/aromatic N) is 2. The summed E-state index contributed by atoms with van der Waals surface area (Å²) in [7, 11) is 1.60. The third kappa shape index (κ3) is 3.37. The van der Waals surface area contributed by atoms with Crippen molar-refractivity contribution in [3.8, 4) is 17.1 Å². The van der Waals surface area contributed by atoms with Crippen LogP contribution in [0.3, 0.4) is 0 Å². The quantitative estimate of drug-likeness (QED) is 0.770. The summed E-state index contributed by atoms with van der Waals surface area (Å²) in [6.45, 7) is 0. The molecule has 0 bridgehead atoms. The van der Waals surface area contributed by atoms with Crippen LogP contribution in [0.4, 0.5) is 21.7 Å². The third-order valence-corrected chi connectivity index (χ3v) is 3.20. The van der Waals surface area contributed by atoms with Crippen LogP contribution in [0.25, 0.3) is 11.4 Å². The molecule has 0 fully saturated rings. The lowest BCUT2D eigenvalue weighted by atomic mass is 10.2. The minimum absolute atomic E-state index is 0.230. The van der Waals surface area contributed by atoms with Gasteiger partial charge in [-0.1, -0.05) is 18.2 Å². The van der Waals surface area contributed by atoms with E-state index in [0.717, 1.165) is 5.69 Å². The lowest BCUT2D eigenvalue weighted by Gasteiger charge is -2.10. The fourth-order valence-corrected chi connectivity index (χ4v) is 2.14. The Morgan fingerprint density at radius 1 is 1.04 bits per heavy atom. The molecule has 116 valence electrons. The zero-order valence-electron chi connectivity index (χ0n) is 12.5. The maximum Gasteiger partial charge on any atom is 0.166 e. The van der Waals surface area contributed by atoms with E-state index in [0.29, 0.717) is 17.1 Å². The van der Waals surface area contributed by atoms with E-state index >= 15 is 0 Å². The summed E-state index contributed by atoms with van der Waals surface area (Å²) in [5.41, 5.74) is 6.90. The predicted molar refractivity (Wildman–Crippen MR) is 88.1 cm³/mol. The molecular formula is C17H15FN4O. The number of anilines is 3. The molecule has 0 aliphatic heterocycles. The molecule has 0 amide bonds. The van der Waals surface area contributed by atoms with Gasteiger partial charge in [-0.15, -0.1) is 0 Å². The second-order valence-corrected chi connectivity index (χ2v) is 4.84. The first-order chi connectivity index (χ1) is 11.2. The molecule has 1 aromatic heterocycles. The molecule has 0 unspecified atom stereocenters. The first-order valence-corrected chi connectivity index (χ1v) is 6.96. The zero-order valence-corrected chi connectivity index (χ0v) is 12.5. The minimum atomic E-state index is -0.398. The van der Waals surface area contributed by atoms with Gasteiger partial charge in [-0.25, -0.2) is 14.4 Å². The Kier molecular flexibility index (Phi) is 4.05. The summed E-state index contributed by atoms with van der Waals surface area (Å²) in [6, 6.07) is 15.3. The Hall–Kier alpha value is -3.15. The Morgan fingerprint density at radius 2 is 1.87 bits per heavy atom. The van der Waals surface area contributed by atoms with Crippen molar-refractivity contribution in [2.24, 2.45) is 0 Å². The summed E-state index contributed by atoms with van der Waals surface area (Å²) in [5.74, 6) is 1.28. The van der Waals surface area contributed by atoms with Crippen LogP contribution in [-0.2, 0) is 0 Å². The van der Waals surface area contributed by atoms with E-state index in [1.807, 2.05) is 24.3 Å². The highest BCUT2D eigenvalue weighted by Crippen LogP contribution is 2.25. The Morgan fingerprint density at radius 3 is 2.65 bits per heavy atom. The number of nitrogens with one attached hydrogen (secondary N) is 1. The second kappa shape index (κ2) is 6.31. The molecule has 0 atom stereocenters. The average Bonchev–Trinajstić information content (AvgIpc) is 2.55. The van der Waals surface area contributed by atoms with E-state index < -0.39 is 5.82 Å². The van der Waals surface area contributed by atoms with E-state index in [4.69, 9.17) is 10.5 Å². The molecule has 0 radical (unpaired) electrons. The van der Waals surface area contributed by atoms with Crippen LogP contribution < -0.4 is 15.8 Å². The second-order valence-electron chi connectivity index (χ2n) is 4.84. The zero-order chi connectivity index (χ0) is 16.2. The molecule has 0 saturated heterocycles. The monoisotopic (exact) mass is 310 g/mol. The number of rotatable bonds is 4. The van der Waals surface area contributed by atoms with Gasteiger partial charge in [0.15, 0.2) is 5.82 Å².